The number of carbonyl (C=O) groups is 1. The number of aliphatic hydroxyl groups is 1. The maximum Gasteiger partial charge on any atom is 0.251 e. The van der Waals surface area contributed by atoms with Crippen molar-refractivity contribution in [3.8, 4) is 0 Å². The molecule has 0 radical (unpaired) electrons. The minimum Gasteiger partial charge on any atom is -0.390 e. The second-order valence-corrected chi connectivity index (χ2v) is 11.6. The van der Waals surface area contributed by atoms with Crippen molar-refractivity contribution in [3.05, 3.63) is 65.4 Å². The Morgan fingerprint density at radius 2 is 1.97 bits per heavy atom. The number of aryl methyl sites for hydroxylation is 2. The van der Waals surface area contributed by atoms with E-state index >= 15 is 0 Å². The molecule has 0 bridgehead atoms. The number of aliphatic hydroxyl groups excluding tert-OH is 1. The van der Waals surface area contributed by atoms with Crippen LogP contribution in [-0.4, -0.2) is 68.7 Å². The molecule has 1 aliphatic rings. The highest BCUT2D eigenvalue weighted by molar-refractivity contribution is 7.92. The average molecular weight is 531 g/mol. The second kappa shape index (κ2) is 11.6. The summed E-state index contributed by atoms with van der Waals surface area (Å²) in [7, 11) is -2.00. The van der Waals surface area contributed by atoms with Crippen LogP contribution in [0.1, 0.15) is 34.8 Å². The van der Waals surface area contributed by atoms with Crippen LogP contribution in [0.3, 0.4) is 0 Å². The zero-order chi connectivity index (χ0) is 26.6. The maximum atomic E-state index is 13.5. The van der Waals surface area contributed by atoms with Crippen molar-refractivity contribution < 1.29 is 22.7 Å². The number of hydrogen-bond donors (Lipinski definition) is 3. The van der Waals surface area contributed by atoms with Gasteiger partial charge in [0.25, 0.3) is 5.91 Å². The van der Waals surface area contributed by atoms with Gasteiger partial charge in [-0.1, -0.05) is 30.3 Å². The van der Waals surface area contributed by atoms with Crippen LogP contribution in [0.2, 0.25) is 0 Å². The summed E-state index contributed by atoms with van der Waals surface area (Å²) in [5, 5.41) is 17.8. The van der Waals surface area contributed by atoms with Crippen LogP contribution in [0, 0.1) is 0 Å². The number of alkyl halides is 1. The molecular weight excluding hydrogens is 495 g/mol. The topological polar surface area (TPSA) is 104 Å². The van der Waals surface area contributed by atoms with Gasteiger partial charge in [0.2, 0.25) is 10.0 Å². The number of aromatic nitrogens is 1. The minimum absolute atomic E-state index is 0.00326. The van der Waals surface area contributed by atoms with Crippen LogP contribution in [-0.2, 0) is 29.4 Å². The largest absolute Gasteiger partial charge is 0.390 e. The van der Waals surface area contributed by atoms with Gasteiger partial charge in [-0.15, -0.1) is 0 Å². The number of hydrogen-bond acceptors (Lipinski definition) is 5. The van der Waals surface area contributed by atoms with Crippen molar-refractivity contribution in [2.45, 2.75) is 44.9 Å². The molecule has 0 unspecified atom stereocenters. The molecule has 0 saturated heterocycles. The van der Waals surface area contributed by atoms with Crippen LogP contribution in [0.15, 0.2) is 48.7 Å². The van der Waals surface area contributed by atoms with Crippen LogP contribution < -0.4 is 14.9 Å². The molecule has 2 aromatic carbocycles. The van der Waals surface area contributed by atoms with Crippen LogP contribution in [0.25, 0.3) is 10.9 Å². The van der Waals surface area contributed by atoms with Crippen LogP contribution in [0.5, 0.6) is 0 Å². The number of benzene rings is 2. The van der Waals surface area contributed by atoms with Crippen molar-refractivity contribution in [2.24, 2.45) is 0 Å². The van der Waals surface area contributed by atoms with Gasteiger partial charge in [0, 0.05) is 37.3 Å². The first-order chi connectivity index (χ1) is 17.7. The quantitative estimate of drug-likeness (QED) is 0.331. The molecular formula is C27H35FN4O4S. The summed E-state index contributed by atoms with van der Waals surface area (Å²) < 4.78 is 41.4. The van der Waals surface area contributed by atoms with Gasteiger partial charge in [0.05, 0.1) is 35.8 Å². The van der Waals surface area contributed by atoms with Crippen molar-refractivity contribution in [3.63, 3.8) is 0 Å². The first-order valence-electron chi connectivity index (χ1n) is 12.7. The summed E-state index contributed by atoms with van der Waals surface area (Å²) >= 11 is 0. The number of anilines is 1. The third kappa shape index (κ3) is 5.97. The fraction of sp³-hybridized carbons (Fsp3) is 0.444. The normalized spacial score (nSPS) is 16.4. The number of nitrogens with one attached hydrogen (secondary N) is 2. The molecule has 0 fully saturated rings. The van der Waals surface area contributed by atoms with Gasteiger partial charge >= 0.3 is 0 Å². The third-order valence-electron chi connectivity index (χ3n) is 6.95. The van der Waals surface area contributed by atoms with Crippen molar-refractivity contribution in [2.75, 3.05) is 36.9 Å². The van der Waals surface area contributed by atoms with Gasteiger partial charge in [-0.25, -0.2) is 8.42 Å². The highest BCUT2D eigenvalue weighted by Crippen LogP contribution is 2.36. The van der Waals surface area contributed by atoms with Crippen molar-refractivity contribution in [1.29, 1.82) is 0 Å². The average Bonchev–Trinajstić information content (AvgIpc) is 3.22. The van der Waals surface area contributed by atoms with Gasteiger partial charge < -0.3 is 20.3 Å². The molecule has 1 aromatic heterocycles. The summed E-state index contributed by atoms with van der Waals surface area (Å²) in [4.78, 5) is 13.5. The molecule has 0 aliphatic carbocycles. The highest BCUT2D eigenvalue weighted by Gasteiger charge is 2.29. The van der Waals surface area contributed by atoms with Gasteiger partial charge in [-0.2, -0.15) is 0 Å². The first kappa shape index (κ1) is 27.1. The number of carbonyl (C=O) groups excluding carboxylic acids is 1. The predicted octanol–water partition coefficient (Wildman–Crippen LogP) is 2.63. The molecule has 0 saturated carbocycles. The Morgan fingerprint density at radius 3 is 2.68 bits per heavy atom. The second-order valence-electron chi connectivity index (χ2n) is 9.45. The number of sulfonamides is 1. The molecule has 3 aromatic rings. The van der Waals surface area contributed by atoms with E-state index in [1.54, 1.807) is 12.1 Å². The summed E-state index contributed by atoms with van der Waals surface area (Å²) in [6.07, 6.45) is 2.21. The summed E-state index contributed by atoms with van der Waals surface area (Å²) in [5.41, 5.74) is 3.51. The van der Waals surface area contributed by atoms with E-state index in [9.17, 15) is 22.7 Å². The van der Waals surface area contributed by atoms with E-state index in [1.807, 2.05) is 48.0 Å². The third-order valence-corrected chi connectivity index (χ3v) is 8.70. The Kier molecular flexibility index (Phi) is 8.51. The standard InChI is InChI=1S/C27H35FN4O4S/c1-3-32-18-20-10-13-37(35,36)31(2)23-15-21(16-24(32)26(20)23)27(34)30-22(14-19-8-5-4-6-9-19)25(33)17-29-12-7-11-28/h4-6,8-9,15-16,18,22,25,29,33H,3,7,10-14,17H2,1-2H3,(H,30,34)/t22-,25+/m0/s1. The molecule has 37 heavy (non-hydrogen) atoms. The Balaban J connectivity index is 1.66. The lowest BCUT2D eigenvalue weighted by atomic mass is 10.00. The van der Waals surface area contributed by atoms with E-state index in [2.05, 4.69) is 10.6 Å². The molecule has 8 nitrogen and oxygen atoms in total. The summed E-state index contributed by atoms with van der Waals surface area (Å²) in [5.74, 6) is -0.397. The summed E-state index contributed by atoms with van der Waals surface area (Å²) in [6.45, 7) is 2.87. The molecule has 2 atom stereocenters. The van der Waals surface area contributed by atoms with Crippen LogP contribution in [0.4, 0.5) is 10.1 Å². The molecule has 1 amide bonds. The number of halogens is 1. The molecule has 200 valence electrons. The Labute approximate surface area is 217 Å². The van der Waals surface area contributed by atoms with Crippen molar-refractivity contribution >= 4 is 32.5 Å². The lowest BCUT2D eigenvalue weighted by Gasteiger charge is -2.25. The van der Waals surface area contributed by atoms with Crippen molar-refractivity contribution in [1.82, 2.24) is 15.2 Å². The molecule has 1 aliphatic heterocycles. The lowest BCUT2D eigenvalue weighted by Crippen LogP contribution is -2.49. The van der Waals surface area contributed by atoms with E-state index in [1.165, 1.54) is 11.4 Å². The zero-order valence-corrected chi connectivity index (χ0v) is 22.1. The fourth-order valence-corrected chi connectivity index (χ4v) is 6.03. The molecule has 3 N–H and O–H groups in total. The van der Waals surface area contributed by atoms with E-state index < -0.39 is 34.8 Å². The Bertz CT molecular complexity index is 1340. The SMILES string of the molecule is CCn1cc2c3c(cc(C(=O)N[C@@H](Cc4ccccc4)[C@H](O)CNCCCF)cc31)N(C)S(=O)(=O)CC2. The van der Waals surface area contributed by atoms with E-state index in [0.717, 1.165) is 22.0 Å². The highest BCUT2D eigenvalue weighted by atomic mass is 32.2. The molecule has 0 spiro atoms. The van der Waals surface area contributed by atoms with E-state index in [4.69, 9.17) is 0 Å². The Hall–Kier alpha value is -2.95. The molecule has 4 rings (SSSR count). The fourth-order valence-electron chi connectivity index (χ4n) is 4.83. The van der Waals surface area contributed by atoms with Gasteiger partial charge in [-0.05, 0) is 56.0 Å². The van der Waals surface area contributed by atoms with Crippen LogP contribution >= 0.6 is 0 Å². The molecule has 10 heteroatoms. The van der Waals surface area contributed by atoms with Gasteiger partial charge in [-0.3, -0.25) is 13.5 Å². The number of nitrogens with zero attached hydrogens (tertiary/aromatic N) is 2. The lowest BCUT2D eigenvalue weighted by molar-refractivity contribution is 0.0830. The zero-order valence-electron chi connectivity index (χ0n) is 21.3. The predicted molar refractivity (Wildman–Crippen MR) is 144 cm³/mol. The first-order valence-corrected chi connectivity index (χ1v) is 14.3. The smallest absolute Gasteiger partial charge is 0.251 e. The van der Waals surface area contributed by atoms with E-state index in [0.29, 0.717) is 43.6 Å². The monoisotopic (exact) mass is 530 g/mol. The molecule has 2 heterocycles. The van der Waals surface area contributed by atoms with E-state index in [-0.39, 0.29) is 12.3 Å². The Morgan fingerprint density at radius 1 is 1.22 bits per heavy atom. The van der Waals surface area contributed by atoms with Gasteiger partial charge in [0.15, 0.2) is 0 Å². The summed E-state index contributed by atoms with van der Waals surface area (Å²) in [6, 6.07) is 12.3. The number of amides is 1. The van der Waals surface area contributed by atoms with Gasteiger partial charge in [0.1, 0.15) is 0 Å². The number of rotatable bonds is 11. The maximum absolute atomic E-state index is 13.5. The minimum atomic E-state index is -3.52.